The van der Waals surface area contributed by atoms with Gasteiger partial charge in [0, 0.05) is 6.61 Å². The predicted molar refractivity (Wildman–Crippen MR) is 95.6 cm³/mol. The molecule has 1 saturated heterocycles. The SMILES string of the molecule is C/C=C/C#CC#C[C@H](O)[C@H](/C=C/CCCO)O[C@@H]1O[C@H](O)[C@@H](O)[C@H](O)[C@H]1O. The summed E-state index contributed by atoms with van der Waals surface area (Å²) in [5.74, 6) is 10.1. The summed E-state index contributed by atoms with van der Waals surface area (Å²) < 4.78 is 10.4. The Balaban J connectivity index is 2.87. The monoisotopic (exact) mass is 382 g/mol. The normalized spacial score (nSPS) is 30.4. The summed E-state index contributed by atoms with van der Waals surface area (Å²) in [7, 11) is 0. The molecule has 1 rings (SSSR count). The second-order valence-electron chi connectivity index (χ2n) is 5.75. The topological polar surface area (TPSA) is 140 Å². The third-order valence-corrected chi connectivity index (χ3v) is 3.61. The van der Waals surface area contributed by atoms with Crippen LogP contribution in [0.2, 0.25) is 0 Å². The molecule has 0 amide bonds. The van der Waals surface area contributed by atoms with E-state index in [1.54, 1.807) is 25.2 Å². The summed E-state index contributed by atoms with van der Waals surface area (Å²) in [5, 5.41) is 57.8. The van der Waals surface area contributed by atoms with Crippen molar-refractivity contribution in [2.75, 3.05) is 6.61 Å². The van der Waals surface area contributed by atoms with Crippen LogP contribution < -0.4 is 0 Å². The highest BCUT2D eigenvalue weighted by atomic mass is 16.7. The summed E-state index contributed by atoms with van der Waals surface area (Å²) >= 11 is 0. The van der Waals surface area contributed by atoms with Crippen molar-refractivity contribution >= 4 is 0 Å². The fraction of sp³-hybridized carbons (Fsp3) is 0.579. The first-order chi connectivity index (χ1) is 12.9. The molecular weight excluding hydrogens is 356 g/mol. The Hall–Kier alpha value is -1.72. The van der Waals surface area contributed by atoms with Crippen LogP contribution in [-0.4, -0.2) is 80.3 Å². The summed E-state index contributed by atoms with van der Waals surface area (Å²) in [4.78, 5) is 0. The van der Waals surface area contributed by atoms with Crippen LogP contribution in [-0.2, 0) is 9.47 Å². The van der Waals surface area contributed by atoms with Crippen molar-refractivity contribution in [1.82, 2.24) is 0 Å². The summed E-state index contributed by atoms with van der Waals surface area (Å²) in [6.07, 6.45) is -3.26. The lowest BCUT2D eigenvalue weighted by Gasteiger charge is -2.39. The van der Waals surface area contributed by atoms with Gasteiger partial charge >= 0.3 is 0 Å². The van der Waals surface area contributed by atoms with E-state index < -0.39 is 43.1 Å². The van der Waals surface area contributed by atoms with Gasteiger partial charge in [0.25, 0.3) is 0 Å². The molecule has 8 heteroatoms. The van der Waals surface area contributed by atoms with Crippen LogP contribution in [0.25, 0.3) is 0 Å². The summed E-state index contributed by atoms with van der Waals surface area (Å²) in [5.41, 5.74) is 0. The maximum atomic E-state index is 10.2. The number of allylic oxidation sites excluding steroid dienone is 3. The fourth-order valence-electron chi connectivity index (χ4n) is 2.12. The maximum absolute atomic E-state index is 10.2. The number of hydrogen-bond acceptors (Lipinski definition) is 8. The molecule has 1 aliphatic heterocycles. The Morgan fingerprint density at radius 2 is 1.85 bits per heavy atom. The van der Waals surface area contributed by atoms with Gasteiger partial charge in [0.05, 0.1) is 0 Å². The standard InChI is InChI=1S/C19H26O8/c1-2-3-4-5-7-10-13(21)14(11-8-6-9-12-20)26-19-17(24)15(22)16(23)18(25)27-19/h2-3,8,11,13-25H,6,9,12H2,1H3/b3-2+,11-8+/t13-,14-,15-,16-,17+,18-,19+/m0/s1. The zero-order valence-electron chi connectivity index (χ0n) is 15.0. The lowest BCUT2D eigenvalue weighted by molar-refractivity contribution is -0.347. The Morgan fingerprint density at radius 1 is 1.11 bits per heavy atom. The van der Waals surface area contributed by atoms with Gasteiger partial charge in [-0.05, 0) is 37.7 Å². The Morgan fingerprint density at radius 3 is 2.52 bits per heavy atom. The van der Waals surface area contributed by atoms with Crippen LogP contribution in [0.3, 0.4) is 0 Å². The predicted octanol–water partition coefficient (Wildman–Crippen LogP) is -1.60. The van der Waals surface area contributed by atoms with E-state index in [4.69, 9.17) is 14.6 Å². The molecule has 1 heterocycles. The average Bonchev–Trinajstić information content (AvgIpc) is 2.66. The molecular formula is C19H26O8. The molecule has 6 N–H and O–H groups in total. The third-order valence-electron chi connectivity index (χ3n) is 3.61. The Bertz CT molecular complexity index is 609. The van der Waals surface area contributed by atoms with Gasteiger partial charge in [0.15, 0.2) is 12.6 Å². The largest absolute Gasteiger partial charge is 0.396 e. The molecule has 1 fully saturated rings. The number of aliphatic hydroxyl groups excluding tert-OH is 6. The molecule has 0 aromatic rings. The number of unbranched alkanes of at least 4 members (excludes halogenated alkanes) is 1. The minimum Gasteiger partial charge on any atom is -0.396 e. The number of ether oxygens (including phenoxy) is 2. The minimum atomic E-state index is -1.76. The molecule has 0 aliphatic carbocycles. The van der Waals surface area contributed by atoms with Gasteiger partial charge in [0.2, 0.25) is 0 Å². The van der Waals surface area contributed by atoms with E-state index in [0.29, 0.717) is 12.8 Å². The van der Waals surface area contributed by atoms with Crippen molar-refractivity contribution in [3.8, 4) is 23.7 Å². The first-order valence-corrected chi connectivity index (χ1v) is 8.53. The first-order valence-electron chi connectivity index (χ1n) is 8.53. The molecule has 1 aliphatic rings. The lowest BCUT2D eigenvalue weighted by Crippen LogP contribution is -2.59. The van der Waals surface area contributed by atoms with Gasteiger partial charge in [-0.1, -0.05) is 30.1 Å². The van der Waals surface area contributed by atoms with Crippen LogP contribution in [0.15, 0.2) is 24.3 Å². The zero-order chi connectivity index (χ0) is 20.2. The molecule has 0 aromatic carbocycles. The molecule has 0 saturated carbocycles. The molecule has 8 nitrogen and oxygen atoms in total. The van der Waals surface area contributed by atoms with Crippen molar-refractivity contribution in [3.05, 3.63) is 24.3 Å². The van der Waals surface area contributed by atoms with Gasteiger partial charge in [-0.15, -0.1) is 0 Å². The van der Waals surface area contributed by atoms with E-state index in [9.17, 15) is 25.5 Å². The Kier molecular flexibility index (Phi) is 10.9. The highest BCUT2D eigenvalue weighted by Gasteiger charge is 2.44. The van der Waals surface area contributed by atoms with Crippen LogP contribution in [0, 0.1) is 23.7 Å². The van der Waals surface area contributed by atoms with Gasteiger partial charge in [0.1, 0.15) is 30.5 Å². The fourth-order valence-corrected chi connectivity index (χ4v) is 2.12. The molecule has 0 radical (unpaired) electrons. The van der Waals surface area contributed by atoms with Crippen LogP contribution in [0.1, 0.15) is 19.8 Å². The molecule has 27 heavy (non-hydrogen) atoms. The third kappa shape index (κ3) is 7.81. The van der Waals surface area contributed by atoms with Gasteiger partial charge in [-0.3, -0.25) is 0 Å². The van der Waals surface area contributed by atoms with Crippen molar-refractivity contribution in [2.24, 2.45) is 0 Å². The number of hydrogen-bond donors (Lipinski definition) is 6. The number of rotatable bonds is 7. The van der Waals surface area contributed by atoms with Crippen molar-refractivity contribution < 1.29 is 40.1 Å². The number of aliphatic hydroxyl groups is 6. The summed E-state index contributed by atoms with van der Waals surface area (Å²) in [6, 6.07) is 0. The van der Waals surface area contributed by atoms with Crippen molar-refractivity contribution in [1.29, 1.82) is 0 Å². The van der Waals surface area contributed by atoms with E-state index in [1.165, 1.54) is 6.08 Å². The van der Waals surface area contributed by atoms with E-state index in [-0.39, 0.29) is 6.61 Å². The second kappa shape index (κ2) is 12.6. The average molecular weight is 382 g/mol. The van der Waals surface area contributed by atoms with Gasteiger partial charge in [-0.25, -0.2) is 0 Å². The molecule has 150 valence electrons. The Labute approximate surface area is 158 Å². The van der Waals surface area contributed by atoms with E-state index in [0.717, 1.165) is 0 Å². The molecule has 0 aromatic heterocycles. The lowest BCUT2D eigenvalue weighted by atomic mass is 10.0. The van der Waals surface area contributed by atoms with Crippen molar-refractivity contribution in [3.63, 3.8) is 0 Å². The minimum absolute atomic E-state index is 0.000514. The van der Waals surface area contributed by atoms with Gasteiger partial charge in [-0.2, -0.15) is 0 Å². The van der Waals surface area contributed by atoms with Crippen LogP contribution in [0.4, 0.5) is 0 Å². The van der Waals surface area contributed by atoms with Crippen LogP contribution >= 0.6 is 0 Å². The molecule has 0 bridgehead atoms. The summed E-state index contributed by atoms with van der Waals surface area (Å²) in [6.45, 7) is 1.80. The van der Waals surface area contributed by atoms with Crippen LogP contribution in [0.5, 0.6) is 0 Å². The highest BCUT2D eigenvalue weighted by Crippen LogP contribution is 2.22. The first kappa shape index (κ1) is 23.3. The molecule has 0 spiro atoms. The van der Waals surface area contributed by atoms with Gasteiger partial charge < -0.3 is 40.1 Å². The zero-order valence-corrected chi connectivity index (χ0v) is 15.0. The smallest absolute Gasteiger partial charge is 0.190 e. The molecule has 0 unspecified atom stereocenters. The maximum Gasteiger partial charge on any atom is 0.190 e. The quantitative estimate of drug-likeness (QED) is 0.176. The van der Waals surface area contributed by atoms with E-state index >= 15 is 0 Å². The van der Waals surface area contributed by atoms with Crippen molar-refractivity contribution in [2.45, 2.75) is 62.9 Å². The molecule has 7 atom stereocenters. The highest BCUT2D eigenvalue weighted by molar-refractivity contribution is 5.32. The van der Waals surface area contributed by atoms with E-state index in [1.807, 2.05) is 0 Å². The second-order valence-corrected chi connectivity index (χ2v) is 5.75. The van der Waals surface area contributed by atoms with E-state index in [2.05, 4.69) is 23.7 Å².